The van der Waals surface area contributed by atoms with Gasteiger partial charge in [0, 0.05) is 38.0 Å². The van der Waals surface area contributed by atoms with Gasteiger partial charge in [0.25, 0.3) is 0 Å². The van der Waals surface area contributed by atoms with Gasteiger partial charge >= 0.3 is 0 Å². The minimum atomic E-state index is 0.475. The lowest BCUT2D eigenvalue weighted by Gasteiger charge is -2.30. The number of ether oxygens (including phenoxy) is 1. The van der Waals surface area contributed by atoms with E-state index in [2.05, 4.69) is 63.0 Å². The predicted molar refractivity (Wildman–Crippen MR) is 87.5 cm³/mol. The van der Waals surface area contributed by atoms with Crippen LogP contribution in [0.15, 0.2) is 18.2 Å². The zero-order valence-corrected chi connectivity index (χ0v) is 13.9. The molecule has 1 N–H and O–H groups in total. The van der Waals surface area contributed by atoms with Crippen molar-refractivity contribution in [2.45, 2.75) is 53.2 Å². The Balaban J connectivity index is 2.83. The molecule has 3 heteroatoms. The molecule has 0 heterocycles. The maximum Gasteiger partial charge on any atom is 0.0637 e. The molecule has 0 fully saturated rings. The van der Waals surface area contributed by atoms with Crippen molar-refractivity contribution in [1.82, 2.24) is 5.32 Å². The molecule has 0 saturated heterocycles. The van der Waals surface area contributed by atoms with Gasteiger partial charge in [0.2, 0.25) is 0 Å². The summed E-state index contributed by atoms with van der Waals surface area (Å²) < 4.78 is 5.22. The minimum Gasteiger partial charge on any atom is -0.383 e. The molecule has 3 nitrogen and oxygen atoms in total. The lowest BCUT2D eigenvalue weighted by molar-refractivity contribution is 0.204. The van der Waals surface area contributed by atoms with Crippen LogP contribution >= 0.6 is 0 Å². The van der Waals surface area contributed by atoms with Gasteiger partial charge in [-0.15, -0.1) is 0 Å². The third-order valence-corrected chi connectivity index (χ3v) is 3.44. The monoisotopic (exact) mass is 278 g/mol. The van der Waals surface area contributed by atoms with Crippen LogP contribution in [-0.4, -0.2) is 32.3 Å². The predicted octanol–water partition coefficient (Wildman–Crippen LogP) is 3.35. The molecule has 114 valence electrons. The SMILES string of the molecule is COCCN(c1ccc(CNC(C)C)cc1C)C(C)C. The van der Waals surface area contributed by atoms with Crippen molar-refractivity contribution in [3.05, 3.63) is 29.3 Å². The van der Waals surface area contributed by atoms with Gasteiger partial charge < -0.3 is 15.0 Å². The Morgan fingerprint density at radius 2 is 1.90 bits per heavy atom. The molecule has 0 unspecified atom stereocenters. The first-order valence-corrected chi connectivity index (χ1v) is 7.54. The van der Waals surface area contributed by atoms with E-state index in [0.717, 1.165) is 19.7 Å². The van der Waals surface area contributed by atoms with Crippen LogP contribution < -0.4 is 10.2 Å². The van der Waals surface area contributed by atoms with Gasteiger partial charge in [-0.25, -0.2) is 0 Å². The largest absolute Gasteiger partial charge is 0.383 e. The summed E-state index contributed by atoms with van der Waals surface area (Å²) in [6.45, 7) is 13.6. The third kappa shape index (κ3) is 5.14. The van der Waals surface area contributed by atoms with Crippen LogP contribution in [0.5, 0.6) is 0 Å². The second-order valence-electron chi connectivity index (χ2n) is 5.94. The number of nitrogens with zero attached hydrogens (tertiary/aromatic N) is 1. The minimum absolute atomic E-state index is 0.475. The van der Waals surface area contributed by atoms with E-state index in [1.54, 1.807) is 7.11 Å². The standard InChI is InChI=1S/C17H30N2O/c1-13(2)18-12-16-7-8-17(15(5)11-16)19(14(3)4)9-10-20-6/h7-8,11,13-14,18H,9-10,12H2,1-6H3. The Hall–Kier alpha value is -1.06. The van der Waals surface area contributed by atoms with E-state index in [1.807, 2.05) is 0 Å². The van der Waals surface area contributed by atoms with E-state index in [9.17, 15) is 0 Å². The summed E-state index contributed by atoms with van der Waals surface area (Å²) >= 11 is 0. The Kier molecular flexibility index (Phi) is 7.03. The summed E-state index contributed by atoms with van der Waals surface area (Å²) in [5.74, 6) is 0. The number of hydrogen-bond acceptors (Lipinski definition) is 3. The van der Waals surface area contributed by atoms with Crippen molar-refractivity contribution < 1.29 is 4.74 Å². The number of benzene rings is 1. The molecule has 0 aliphatic rings. The molecule has 1 aromatic carbocycles. The lowest BCUT2D eigenvalue weighted by atomic mass is 10.1. The molecule has 0 aromatic heterocycles. The second-order valence-corrected chi connectivity index (χ2v) is 5.94. The van der Waals surface area contributed by atoms with Crippen molar-refractivity contribution >= 4 is 5.69 Å². The molecular formula is C17H30N2O. The van der Waals surface area contributed by atoms with Crippen LogP contribution in [-0.2, 0) is 11.3 Å². The Morgan fingerprint density at radius 1 is 1.20 bits per heavy atom. The molecule has 0 saturated carbocycles. The molecule has 0 bridgehead atoms. The first-order chi connectivity index (χ1) is 9.45. The zero-order chi connectivity index (χ0) is 15.1. The summed E-state index contributed by atoms with van der Waals surface area (Å²) in [6.07, 6.45) is 0. The maximum atomic E-state index is 5.22. The molecule has 0 radical (unpaired) electrons. The highest BCUT2D eigenvalue weighted by molar-refractivity contribution is 5.55. The second kappa shape index (κ2) is 8.28. The third-order valence-electron chi connectivity index (χ3n) is 3.44. The van der Waals surface area contributed by atoms with Gasteiger partial charge in [0.15, 0.2) is 0 Å². The summed E-state index contributed by atoms with van der Waals surface area (Å²) in [7, 11) is 1.76. The van der Waals surface area contributed by atoms with Gasteiger partial charge in [-0.2, -0.15) is 0 Å². The molecule has 0 aliphatic heterocycles. The highest BCUT2D eigenvalue weighted by Crippen LogP contribution is 2.23. The van der Waals surface area contributed by atoms with E-state index in [1.165, 1.54) is 16.8 Å². The van der Waals surface area contributed by atoms with E-state index in [-0.39, 0.29) is 0 Å². The smallest absolute Gasteiger partial charge is 0.0637 e. The number of hydrogen-bond donors (Lipinski definition) is 1. The summed E-state index contributed by atoms with van der Waals surface area (Å²) in [4.78, 5) is 2.40. The van der Waals surface area contributed by atoms with Gasteiger partial charge in [-0.05, 0) is 38.0 Å². The van der Waals surface area contributed by atoms with Gasteiger partial charge in [0.1, 0.15) is 0 Å². The van der Waals surface area contributed by atoms with Crippen molar-refractivity contribution in [1.29, 1.82) is 0 Å². The first kappa shape index (κ1) is 17.0. The number of rotatable bonds is 8. The van der Waals surface area contributed by atoms with Gasteiger partial charge in [0.05, 0.1) is 6.61 Å². The average Bonchev–Trinajstić information content (AvgIpc) is 2.38. The maximum absolute atomic E-state index is 5.22. The van der Waals surface area contributed by atoms with Gasteiger partial charge in [-0.3, -0.25) is 0 Å². The summed E-state index contributed by atoms with van der Waals surface area (Å²) in [5.41, 5.74) is 3.98. The van der Waals surface area contributed by atoms with E-state index < -0.39 is 0 Å². The van der Waals surface area contributed by atoms with Crippen molar-refractivity contribution in [3.8, 4) is 0 Å². The average molecular weight is 278 g/mol. The van der Waals surface area contributed by atoms with Crippen LogP contribution in [0.3, 0.4) is 0 Å². The number of anilines is 1. The van der Waals surface area contributed by atoms with E-state index >= 15 is 0 Å². The quantitative estimate of drug-likeness (QED) is 0.789. The highest BCUT2D eigenvalue weighted by Gasteiger charge is 2.12. The topological polar surface area (TPSA) is 24.5 Å². The fraction of sp³-hybridized carbons (Fsp3) is 0.647. The van der Waals surface area contributed by atoms with Crippen LogP contribution in [0.2, 0.25) is 0 Å². The summed E-state index contributed by atoms with van der Waals surface area (Å²) in [6, 6.07) is 7.74. The highest BCUT2D eigenvalue weighted by atomic mass is 16.5. The molecule has 0 amide bonds. The molecule has 1 rings (SSSR count). The van der Waals surface area contributed by atoms with Gasteiger partial charge in [-0.1, -0.05) is 26.0 Å². The Bertz CT molecular complexity index is 402. The molecular weight excluding hydrogens is 248 g/mol. The number of aryl methyl sites for hydroxylation is 1. The molecule has 0 atom stereocenters. The fourth-order valence-corrected chi connectivity index (χ4v) is 2.32. The van der Waals surface area contributed by atoms with Crippen LogP contribution in [0.25, 0.3) is 0 Å². The zero-order valence-electron chi connectivity index (χ0n) is 13.9. The first-order valence-electron chi connectivity index (χ1n) is 7.54. The lowest BCUT2D eigenvalue weighted by Crippen LogP contribution is -2.34. The van der Waals surface area contributed by atoms with Crippen molar-refractivity contribution in [2.24, 2.45) is 0 Å². The van der Waals surface area contributed by atoms with Crippen LogP contribution in [0.1, 0.15) is 38.8 Å². The fourth-order valence-electron chi connectivity index (χ4n) is 2.32. The molecule has 0 aliphatic carbocycles. The normalized spacial score (nSPS) is 11.4. The molecule has 1 aromatic rings. The van der Waals surface area contributed by atoms with Crippen LogP contribution in [0.4, 0.5) is 5.69 Å². The Labute approximate surface area is 124 Å². The number of methoxy groups -OCH3 is 1. The van der Waals surface area contributed by atoms with E-state index in [4.69, 9.17) is 4.74 Å². The van der Waals surface area contributed by atoms with E-state index in [0.29, 0.717) is 12.1 Å². The number of nitrogens with one attached hydrogen (secondary N) is 1. The Morgan fingerprint density at radius 3 is 2.40 bits per heavy atom. The van der Waals surface area contributed by atoms with Crippen molar-refractivity contribution in [3.63, 3.8) is 0 Å². The van der Waals surface area contributed by atoms with Crippen molar-refractivity contribution in [2.75, 3.05) is 25.2 Å². The summed E-state index contributed by atoms with van der Waals surface area (Å²) in [5, 5.41) is 3.46. The molecule has 20 heavy (non-hydrogen) atoms. The van der Waals surface area contributed by atoms with Crippen LogP contribution in [0, 0.1) is 6.92 Å². The molecule has 0 spiro atoms.